The molecule has 6 nitrogen and oxygen atoms in total. The lowest BCUT2D eigenvalue weighted by molar-refractivity contribution is -0.143. The predicted octanol–water partition coefficient (Wildman–Crippen LogP) is 3.17. The number of benzene rings is 1. The highest BCUT2D eigenvalue weighted by molar-refractivity contribution is 5.80. The first-order valence-corrected chi connectivity index (χ1v) is 10.1. The minimum Gasteiger partial charge on any atom is -0.493 e. The van der Waals surface area contributed by atoms with E-state index in [1.54, 1.807) is 14.2 Å². The van der Waals surface area contributed by atoms with Crippen molar-refractivity contribution in [3.05, 3.63) is 23.8 Å². The summed E-state index contributed by atoms with van der Waals surface area (Å²) in [6.45, 7) is 7.20. The van der Waals surface area contributed by atoms with E-state index in [9.17, 15) is 13.2 Å². The van der Waals surface area contributed by atoms with Crippen molar-refractivity contribution in [2.75, 3.05) is 46.9 Å². The fraction of sp³-hybridized carbons (Fsp3) is 0.667. The molecule has 1 atom stereocenters. The van der Waals surface area contributed by atoms with E-state index in [4.69, 9.17) is 14.5 Å². The number of hydrogen-bond donors (Lipinski definition) is 2. The van der Waals surface area contributed by atoms with Crippen molar-refractivity contribution >= 4 is 5.96 Å². The summed E-state index contributed by atoms with van der Waals surface area (Å²) < 4.78 is 48.6. The molecular formula is C21H33F3N4O2. The van der Waals surface area contributed by atoms with E-state index in [1.807, 2.05) is 25.1 Å². The standard InChI is InChI=1S/C21H33F3N4O2/c1-6-25-19(27-16-9-10-28(12-16)14-21(22,23)24)26-13-20(2,3)15-7-8-17(29-4)18(11-15)30-5/h7-8,11,16H,6,9-10,12-14H2,1-5H3,(H2,25,26,27). The highest BCUT2D eigenvalue weighted by Gasteiger charge is 2.34. The molecule has 0 aromatic heterocycles. The van der Waals surface area contributed by atoms with Crippen LogP contribution < -0.4 is 20.1 Å². The van der Waals surface area contributed by atoms with Crippen molar-refractivity contribution in [2.24, 2.45) is 4.99 Å². The van der Waals surface area contributed by atoms with E-state index in [0.717, 1.165) is 5.56 Å². The Hall–Kier alpha value is -2.16. The van der Waals surface area contributed by atoms with E-state index >= 15 is 0 Å². The van der Waals surface area contributed by atoms with Crippen LogP contribution in [0.15, 0.2) is 23.2 Å². The molecule has 2 rings (SSSR count). The molecule has 1 heterocycles. The summed E-state index contributed by atoms with van der Waals surface area (Å²) in [6.07, 6.45) is -3.52. The van der Waals surface area contributed by atoms with Crippen LogP contribution in [0.1, 0.15) is 32.8 Å². The molecule has 1 aliphatic heterocycles. The van der Waals surface area contributed by atoms with Crippen molar-refractivity contribution in [1.82, 2.24) is 15.5 Å². The Balaban J connectivity index is 2.04. The van der Waals surface area contributed by atoms with Crippen LogP contribution in [0.3, 0.4) is 0 Å². The molecule has 1 unspecified atom stereocenters. The number of aliphatic imine (C=N–C) groups is 1. The molecule has 0 aliphatic carbocycles. The fourth-order valence-corrected chi connectivity index (χ4v) is 3.49. The smallest absolute Gasteiger partial charge is 0.401 e. The Morgan fingerprint density at radius 3 is 2.50 bits per heavy atom. The predicted molar refractivity (Wildman–Crippen MR) is 113 cm³/mol. The van der Waals surface area contributed by atoms with Gasteiger partial charge >= 0.3 is 6.18 Å². The highest BCUT2D eigenvalue weighted by Crippen LogP contribution is 2.33. The number of nitrogens with one attached hydrogen (secondary N) is 2. The van der Waals surface area contributed by atoms with Gasteiger partial charge in [-0.25, -0.2) is 0 Å². The summed E-state index contributed by atoms with van der Waals surface area (Å²) in [5, 5.41) is 6.47. The monoisotopic (exact) mass is 430 g/mol. The lowest BCUT2D eigenvalue weighted by Gasteiger charge is -2.25. The molecule has 0 spiro atoms. The zero-order chi connectivity index (χ0) is 22.4. The van der Waals surface area contributed by atoms with Crippen molar-refractivity contribution in [3.63, 3.8) is 0 Å². The lowest BCUT2D eigenvalue weighted by atomic mass is 9.84. The Labute approximate surface area is 176 Å². The summed E-state index contributed by atoms with van der Waals surface area (Å²) in [5.41, 5.74) is 0.775. The number of alkyl halides is 3. The molecule has 1 aliphatic rings. The third-order valence-corrected chi connectivity index (χ3v) is 5.16. The first-order chi connectivity index (χ1) is 14.1. The summed E-state index contributed by atoms with van der Waals surface area (Å²) in [6, 6.07) is 5.75. The van der Waals surface area contributed by atoms with Crippen LogP contribution in [0.5, 0.6) is 11.5 Å². The van der Waals surface area contributed by atoms with Gasteiger partial charge in [0.05, 0.1) is 27.3 Å². The number of likely N-dealkylation sites (tertiary alicyclic amines) is 1. The van der Waals surface area contributed by atoms with E-state index in [1.165, 1.54) is 4.90 Å². The van der Waals surface area contributed by atoms with Gasteiger partial charge in [0, 0.05) is 31.1 Å². The molecule has 2 N–H and O–H groups in total. The second-order valence-electron chi connectivity index (χ2n) is 8.13. The van der Waals surface area contributed by atoms with E-state index < -0.39 is 12.7 Å². The topological polar surface area (TPSA) is 58.1 Å². The van der Waals surface area contributed by atoms with Crippen LogP contribution >= 0.6 is 0 Å². The Morgan fingerprint density at radius 1 is 1.20 bits per heavy atom. The summed E-state index contributed by atoms with van der Waals surface area (Å²) in [5.74, 6) is 1.94. The van der Waals surface area contributed by atoms with E-state index in [0.29, 0.717) is 50.1 Å². The van der Waals surface area contributed by atoms with E-state index in [2.05, 4.69) is 24.5 Å². The zero-order valence-electron chi connectivity index (χ0n) is 18.4. The molecular weight excluding hydrogens is 397 g/mol. The number of halogens is 3. The van der Waals surface area contributed by atoms with Crippen molar-refractivity contribution in [3.8, 4) is 11.5 Å². The van der Waals surface area contributed by atoms with Gasteiger partial charge < -0.3 is 20.1 Å². The number of rotatable bonds is 8. The number of guanidine groups is 1. The second kappa shape index (κ2) is 10.2. The molecule has 1 fully saturated rings. The molecule has 1 aromatic carbocycles. The minimum absolute atomic E-state index is 0.0608. The minimum atomic E-state index is -4.17. The summed E-state index contributed by atoms with van der Waals surface area (Å²) in [7, 11) is 3.20. The molecule has 170 valence electrons. The molecule has 1 saturated heterocycles. The van der Waals surface area contributed by atoms with Gasteiger partial charge in [0.15, 0.2) is 17.5 Å². The maximum absolute atomic E-state index is 12.6. The van der Waals surface area contributed by atoms with Gasteiger partial charge in [-0.15, -0.1) is 0 Å². The third-order valence-electron chi connectivity index (χ3n) is 5.16. The lowest BCUT2D eigenvalue weighted by Crippen LogP contribution is -2.45. The Kier molecular flexibility index (Phi) is 8.23. The molecule has 1 aromatic rings. The van der Waals surface area contributed by atoms with Crippen LogP contribution in [0, 0.1) is 0 Å². The second-order valence-corrected chi connectivity index (χ2v) is 8.13. The maximum Gasteiger partial charge on any atom is 0.401 e. The Morgan fingerprint density at radius 2 is 1.90 bits per heavy atom. The largest absolute Gasteiger partial charge is 0.493 e. The molecule has 0 bridgehead atoms. The third kappa shape index (κ3) is 6.97. The van der Waals surface area contributed by atoms with Gasteiger partial charge in [-0.3, -0.25) is 9.89 Å². The molecule has 0 amide bonds. The van der Waals surface area contributed by atoms with E-state index in [-0.39, 0.29) is 11.5 Å². The highest BCUT2D eigenvalue weighted by atomic mass is 19.4. The van der Waals surface area contributed by atoms with Gasteiger partial charge in [0.2, 0.25) is 0 Å². The maximum atomic E-state index is 12.6. The van der Waals surface area contributed by atoms with Crippen molar-refractivity contribution in [1.29, 1.82) is 0 Å². The average Bonchev–Trinajstić information content (AvgIpc) is 3.10. The quantitative estimate of drug-likeness (QED) is 0.490. The van der Waals surface area contributed by atoms with Gasteiger partial charge in [-0.1, -0.05) is 19.9 Å². The Bertz CT molecular complexity index is 723. The average molecular weight is 431 g/mol. The van der Waals surface area contributed by atoms with Crippen molar-refractivity contribution in [2.45, 2.75) is 44.8 Å². The van der Waals surface area contributed by atoms with Crippen LogP contribution in [0.2, 0.25) is 0 Å². The van der Waals surface area contributed by atoms with Gasteiger partial charge in [0.25, 0.3) is 0 Å². The first kappa shape index (κ1) is 24.1. The molecule has 0 saturated carbocycles. The number of nitrogens with zero attached hydrogens (tertiary/aromatic N) is 2. The fourth-order valence-electron chi connectivity index (χ4n) is 3.49. The molecule has 0 radical (unpaired) electrons. The van der Waals surface area contributed by atoms with Gasteiger partial charge in [-0.05, 0) is 31.0 Å². The SMILES string of the molecule is CCNC(=NCC(C)(C)c1ccc(OC)c(OC)c1)NC1CCN(CC(F)(F)F)C1. The number of hydrogen-bond acceptors (Lipinski definition) is 4. The van der Waals surface area contributed by atoms with Gasteiger partial charge in [-0.2, -0.15) is 13.2 Å². The first-order valence-electron chi connectivity index (χ1n) is 10.1. The number of ether oxygens (including phenoxy) is 2. The molecule has 9 heteroatoms. The zero-order valence-corrected chi connectivity index (χ0v) is 18.4. The van der Waals surface area contributed by atoms with Crippen LogP contribution in [-0.4, -0.2) is 70.0 Å². The van der Waals surface area contributed by atoms with Crippen LogP contribution in [0.4, 0.5) is 13.2 Å². The normalized spacial score (nSPS) is 18.4. The summed E-state index contributed by atoms with van der Waals surface area (Å²) >= 11 is 0. The van der Waals surface area contributed by atoms with Crippen LogP contribution in [-0.2, 0) is 5.41 Å². The van der Waals surface area contributed by atoms with Crippen molar-refractivity contribution < 1.29 is 22.6 Å². The molecule has 30 heavy (non-hydrogen) atoms. The van der Waals surface area contributed by atoms with Crippen LogP contribution in [0.25, 0.3) is 0 Å². The van der Waals surface area contributed by atoms with Gasteiger partial charge in [0.1, 0.15) is 0 Å². The summed E-state index contributed by atoms with van der Waals surface area (Å²) in [4.78, 5) is 6.13. The number of methoxy groups -OCH3 is 2.